The number of phenols is 1. The number of likely N-dealkylation sites (N-methyl/N-ethyl adjacent to an activating group) is 1. The number of aliphatic hydroxyl groups is 1. The van der Waals surface area contributed by atoms with Crippen molar-refractivity contribution in [2.75, 3.05) is 33.8 Å². The van der Waals surface area contributed by atoms with Gasteiger partial charge in [-0.3, -0.25) is 9.59 Å². The molecular weight excluding hydrogens is 420 g/mol. The molecular formula is C23H25ClN2O5. The van der Waals surface area contributed by atoms with Crippen molar-refractivity contribution >= 4 is 29.1 Å². The SMILES string of the molecule is CCOc1cc(C2/C(=C(/O)c3cccc(Cl)c3)C(=O)C(=O)N2CCN(C)C)ccc1O. The van der Waals surface area contributed by atoms with Crippen molar-refractivity contribution in [3.8, 4) is 11.5 Å². The number of hydrogen-bond donors (Lipinski definition) is 2. The third-order valence-corrected chi connectivity index (χ3v) is 5.26. The highest BCUT2D eigenvalue weighted by molar-refractivity contribution is 6.46. The number of rotatable bonds is 7. The van der Waals surface area contributed by atoms with Gasteiger partial charge < -0.3 is 24.7 Å². The van der Waals surface area contributed by atoms with Gasteiger partial charge in [0.2, 0.25) is 0 Å². The number of ether oxygens (including phenoxy) is 1. The molecule has 31 heavy (non-hydrogen) atoms. The Morgan fingerprint density at radius 1 is 1.19 bits per heavy atom. The van der Waals surface area contributed by atoms with Crippen LogP contribution >= 0.6 is 11.6 Å². The summed E-state index contributed by atoms with van der Waals surface area (Å²) in [4.78, 5) is 29.2. The van der Waals surface area contributed by atoms with Crippen molar-refractivity contribution in [3.05, 3.63) is 64.2 Å². The van der Waals surface area contributed by atoms with E-state index in [9.17, 15) is 19.8 Å². The Morgan fingerprint density at radius 3 is 2.58 bits per heavy atom. The number of nitrogens with zero attached hydrogens (tertiary/aromatic N) is 2. The smallest absolute Gasteiger partial charge is 0.295 e. The first-order valence-electron chi connectivity index (χ1n) is 9.89. The molecule has 0 saturated carbocycles. The predicted molar refractivity (Wildman–Crippen MR) is 118 cm³/mol. The van der Waals surface area contributed by atoms with E-state index in [-0.39, 0.29) is 29.4 Å². The number of aromatic hydroxyl groups is 1. The zero-order valence-corrected chi connectivity index (χ0v) is 18.4. The molecule has 2 aromatic carbocycles. The summed E-state index contributed by atoms with van der Waals surface area (Å²) in [7, 11) is 3.73. The summed E-state index contributed by atoms with van der Waals surface area (Å²) in [6, 6.07) is 10.3. The number of carbonyl (C=O) groups excluding carboxylic acids is 2. The molecule has 3 rings (SSSR count). The number of likely N-dealkylation sites (tertiary alicyclic amines) is 1. The maximum Gasteiger partial charge on any atom is 0.295 e. The number of phenolic OH excluding ortho intramolecular Hbond substituents is 1. The van der Waals surface area contributed by atoms with Gasteiger partial charge in [0.25, 0.3) is 11.7 Å². The Labute approximate surface area is 186 Å². The van der Waals surface area contributed by atoms with Gasteiger partial charge in [-0.15, -0.1) is 0 Å². The fourth-order valence-electron chi connectivity index (χ4n) is 3.53. The normalized spacial score (nSPS) is 18.1. The molecule has 1 heterocycles. The third-order valence-electron chi connectivity index (χ3n) is 5.03. The standard InChI is InChI=1S/C23H25ClN2O5/c1-4-31-18-13-14(8-9-17(18)27)20-19(21(28)15-6-5-7-16(24)12-15)22(29)23(30)26(20)11-10-25(2)3/h5-9,12-13,20,27-28H,4,10-11H2,1-3H3/b21-19-. The Hall–Kier alpha value is -3.03. The predicted octanol–water partition coefficient (Wildman–Crippen LogP) is 3.43. The minimum absolute atomic E-state index is 0.0286. The van der Waals surface area contributed by atoms with Crippen molar-refractivity contribution in [2.24, 2.45) is 0 Å². The maximum absolute atomic E-state index is 13.0. The Morgan fingerprint density at radius 2 is 1.94 bits per heavy atom. The molecule has 2 N–H and O–H groups in total. The van der Waals surface area contributed by atoms with E-state index in [1.165, 1.54) is 17.0 Å². The van der Waals surface area contributed by atoms with Gasteiger partial charge in [-0.05, 0) is 50.8 Å². The van der Waals surface area contributed by atoms with Crippen LogP contribution in [0.25, 0.3) is 5.76 Å². The quantitative estimate of drug-likeness (QED) is 0.386. The van der Waals surface area contributed by atoms with Crippen LogP contribution in [-0.2, 0) is 9.59 Å². The zero-order valence-electron chi connectivity index (χ0n) is 17.6. The van der Waals surface area contributed by atoms with Gasteiger partial charge in [0.15, 0.2) is 11.5 Å². The van der Waals surface area contributed by atoms with Gasteiger partial charge >= 0.3 is 0 Å². The summed E-state index contributed by atoms with van der Waals surface area (Å²) in [6.07, 6.45) is 0. The molecule has 0 aliphatic carbocycles. The molecule has 1 saturated heterocycles. The van der Waals surface area contributed by atoms with Gasteiger partial charge in [-0.25, -0.2) is 0 Å². The van der Waals surface area contributed by atoms with Gasteiger partial charge in [-0.1, -0.05) is 29.8 Å². The van der Waals surface area contributed by atoms with E-state index in [2.05, 4.69) is 0 Å². The highest BCUT2D eigenvalue weighted by atomic mass is 35.5. The number of Topliss-reactive ketones (excluding diaryl/α,β-unsaturated/α-hetero) is 1. The summed E-state index contributed by atoms with van der Waals surface area (Å²) < 4.78 is 5.48. The minimum atomic E-state index is -0.835. The highest BCUT2D eigenvalue weighted by Gasteiger charge is 2.46. The lowest BCUT2D eigenvalue weighted by molar-refractivity contribution is -0.140. The first-order chi connectivity index (χ1) is 14.7. The average molecular weight is 445 g/mol. The number of hydrogen-bond acceptors (Lipinski definition) is 6. The van der Waals surface area contributed by atoms with Crippen molar-refractivity contribution in [1.82, 2.24) is 9.80 Å². The van der Waals surface area contributed by atoms with Crippen LogP contribution in [0.1, 0.15) is 24.1 Å². The molecule has 1 aliphatic rings. The van der Waals surface area contributed by atoms with E-state index in [0.717, 1.165) is 0 Å². The molecule has 2 aromatic rings. The molecule has 1 amide bonds. The molecule has 1 aliphatic heterocycles. The summed E-state index contributed by atoms with van der Waals surface area (Å²) in [5, 5.41) is 21.5. The van der Waals surface area contributed by atoms with E-state index in [4.69, 9.17) is 16.3 Å². The lowest BCUT2D eigenvalue weighted by Gasteiger charge is -2.27. The second kappa shape index (κ2) is 9.41. The van der Waals surface area contributed by atoms with E-state index in [0.29, 0.717) is 29.3 Å². The largest absolute Gasteiger partial charge is 0.507 e. The number of halogens is 1. The monoisotopic (exact) mass is 444 g/mol. The molecule has 0 bridgehead atoms. The van der Waals surface area contributed by atoms with Crippen LogP contribution in [-0.4, -0.2) is 65.5 Å². The van der Waals surface area contributed by atoms with Gasteiger partial charge in [0.1, 0.15) is 5.76 Å². The number of benzene rings is 2. The molecule has 1 unspecified atom stereocenters. The fourth-order valence-corrected chi connectivity index (χ4v) is 3.72. The number of carbonyl (C=O) groups is 2. The summed E-state index contributed by atoms with van der Waals surface area (Å²) in [5.41, 5.74) is 0.855. The molecule has 0 radical (unpaired) electrons. The van der Waals surface area contributed by atoms with Crippen molar-refractivity contribution in [3.63, 3.8) is 0 Å². The van der Waals surface area contributed by atoms with E-state index in [1.54, 1.807) is 37.3 Å². The van der Waals surface area contributed by atoms with E-state index < -0.39 is 17.7 Å². The first kappa shape index (κ1) is 22.7. The van der Waals surface area contributed by atoms with Crippen LogP contribution in [0.2, 0.25) is 5.02 Å². The van der Waals surface area contributed by atoms with E-state index in [1.807, 2.05) is 19.0 Å². The second-order valence-electron chi connectivity index (χ2n) is 7.47. The Balaban J connectivity index is 2.18. The van der Waals surface area contributed by atoms with E-state index >= 15 is 0 Å². The van der Waals surface area contributed by atoms with Crippen LogP contribution in [0.15, 0.2) is 48.0 Å². The molecule has 1 fully saturated rings. The molecule has 0 spiro atoms. The third kappa shape index (κ3) is 4.68. The number of amides is 1. The molecule has 8 heteroatoms. The van der Waals surface area contributed by atoms with Crippen LogP contribution in [0.5, 0.6) is 11.5 Å². The van der Waals surface area contributed by atoms with Crippen molar-refractivity contribution < 1.29 is 24.5 Å². The molecule has 164 valence electrons. The number of aliphatic hydroxyl groups excluding tert-OH is 1. The van der Waals surface area contributed by atoms with Crippen molar-refractivity contribution in [2.45, 2.75) is 13.0 Å². The summed E-state index contributed by atoms with van der Waals surface area (Å²) in [6.45, 7) is 2.92. The molecule has 7 nitrogen and oxygen atoms in total. The van der Waals surface area contributed by atoms with Gasteiger partial charge in [-0.2, -0.15) is 0 Å². The van der Waals surface area contributed by atoms with Crippen molar-refractivity contribution in [1.29, 1.82) is 0 Å². The Kier molecular flexibility index (Phi) is 6.87. The molecule has 0 aromatic heterocycles. The Bertz CT molecular complexity index is 1030. The van der Waals surface area contributed by atoms with Crippen LogP contribution in [0.3, 0.4) is 0 Å². The average Bonchev–Trinajstić information content (AvgIpc) is 2.98. The molecule has 1 atom stereocenters. The minimum Gasteiger partial charge on any atom is -0.507 e. The number of ketones is 1. The summed E-state index contributed by atoms with van der Waals surface area (Å²) >= 11 is 6.05. The van der Waals surface area contributed by atoms with Gasteiger partial charge in [0, 0.05) is 23.7 Å². The zero-order chi connectivity index (χ0) is 22.7. The highest BCUT2D eigenvalue weighted by Crippen LogP contribution is 2.41. The fraction of sp³-hybridized carbons (Fsp3) is 0.304. The lowest BCUT2D eigenvalue weighted by atomic mass is 9.95. The van der Waals surface area contributed by atoms with Crippen LogP contribution in [0, 0.1) is 0 Å². The maximum atomic E-state index is 13.0. The van der Waals surface area contributed by atoms with Crippen LogP contribution in [0.4, 0.5) is 0 Å². The lowest BCUT2D eigenvalue weighted by Crippen LogP contribution is -2.35. The second-order valence-corrected chi connectivity index (χ2v) is 7.90. The summed E-state index contributed by atoms with van der Waals surface area (Å²) in [5.74, 6) is -1.58. The van der Waals surface area contributed by atoms with Gasteiger partial charge in [0.05, 0.1) is 18.2 Å². The van der Waals surface area contributed by atoms with Crippen LogP contribution < -0.4 is 4.74 Å². The first-order valence-corrected chi connectivity index (χ1v) is 10.3. The topological polar surface area (TPSA) is 90.3 Å².